The summed E-state index contributed by atoms with van der Waals surface area (Å²) in [5, 5.41) is 14.2. The number of amides is 1. The average Bonchev–Trinajstić information content (AvgIpc) is 3.51. The number of halogens is 1. The third kappa shape index (κ3) is 5.74. The fourth-order valence-electron chi connectivity index (χ4n) is 4.30. The number of ether oxygens (including phenoxy) is 1. The predicted molar refractivity (Wildman–Crippen MR) is 133 cm³/mol. The van der Waals surface area contributed by atoms with Crippen molar-refractivity contribution < 1.29 is 13.9 Å². The molecule has 1 aliphatic heterocycles. The van der Waals surface area contributed by atoms with Crippen molar-refractivity contribution in [3.05, 3.63) is 71.4 Å². The van der Waals surface area contributed by atoms with Crippen molar-refractivity contribution in [3.63, 3.8) is 0 Å². The number of aromatic nitrogens is 7. The molecule has 5 heterocycles. The number of likely N-dealkylation sites (tertiary alicyclic amines) is 1. The van der Waals surface area contributed by atoms with Crippen LogP contribution in [0.25, 0.3) is 5.82 Å². The molecule has 0 spiro atoms. The number of pyridine rings is 1. The highest BCUT2D eigenvalue weighted by atomic mass is 19.1. The van der Waals surface area contributed by atoms with E-state index in [0.29, 0.717) is 36.4 Å². The van der Waals surface area contributed by atoms with Crippen molar-refractivity contribution in [2.24, 2.45) is 0 Å². The van der Waals surface area contributed by atoms with E-state index in [1.807, 2.05) is 26.0 Å². The molecule has 4 aromatic heterocycles. The number of aryl methyl sites for hydroxylation is 2. The van der Waals surface area contributed by atoms with Crippen LogP contribution in [0.1, 0.15) is 54.6 Å². The topological polar surface area (TPSA) is 127 Å². The fraction of sp³-hybridized carbons (Fsp3) is 0.360. The second-order valence-electron chi connectivity index (χ2n) is 9.18. The van der Waals surface area contributed by atoms with Crippen molar-refractivity contribution >= 4 is 17.7 Å². The molecule has 5 rings (SSSR count). The van der Waals surface area contributed by atoms with E-state index in [0.717, 1.165) is 36.0 Å². The number of nitrogens with zero attached hydrogens (tertiary/aromatic N) is 7. The van der Waals surface area contributed by atoms with Gasteiger partial charge in [0.1, 0.15) is 17.7 Å². The van der Waals surface area contributed by atoms with Crippen LogP contribution in [0, 0.1) is 19.7 Å². The number of anilines is 2. The van der Waals surface area contributed by atoms with Crippen LogP contribution < -0.4 is 5.32 Å². The maximum absolute atomic E-state index is 13.2. The molecule has 2 N–H and O–H groups in total. The number of nitrogens with one attached hydrogen (secondary N) is 2. The summed E-state index contributed by atoms with van der Waals surface area (Å²) in [6, 6.07) is 7.26. The monoisotopic (exact) mass is 505 g/mol. The van der Waals surface area contributed by atoms with Crippen molar-refractivity contribution in [1.29, 1.82) is 0 Å². The quantitative estimate of drug-likeness (QED) is 0.396. The number of hydrogen-bond acceptors (Lipinski definition) is 8. The normalized spacial score (nSPS) is 16.4. The van der Waals surface area contributed by atoms with E-state index in [1.54, 1.807) is 30.2 Å². The lowest BCUT2D eigenvalue weighted by atomic mass is 9.97. The van der Waals surface area contributed by atoms with Crippen molar-refractivity contribution in [1.82, 2.24) is 39.8 Å². The third-order valence-corrected chi connectivity index (χ3v) is 6.18. The standard InChI is InChI=1S/C25H28FN9O2/c1-15-9-21(30-22-10-16(2)32-33-22)31-24(29-15)19-5-4-8-34(13-19)25(36)37-17(3)18-6-7-23(27-11-18)35-14-20(26)12-28-35/h6-7,9-12,14,17,19H,4-5,8,13H2,1-3H3,(H2,29,30,31,32,33). The van der Waals surface area contributed by atoms with Gasteiger partial charge in [0.05, 0.1) is 12.4 Å². The smallest absolute Gasteiger partial charge is 0.410 e. The van der Waals surface area contributed by atoms with E-state index < -0.39 is 18.0 Å². The lowest BCUT2D eigenvalue weighted by molar-refractivity contribution is 0.0610. The van der Waals surface area contributed by atoms with Crippen LogP contribution in [-0.2, 0) is 4.74 Å². The Morgan fingerprint density at radius 3 is 2.78 bits per heavy atom. The zero-order valence-electron chi connectivity index (χ0n) is 20.8. The Morgan fingerprint density at radius 1 is 1.22 bits per heavy atom. The summed E-state index contributed by atoms with van der Waals surface area (Å²) in [4.78, 5) is 28.3. The molecule has 0 aromatic carbocycles. The molecular weight excluding hydrogens is 477 g/mol. The highest BCUT2D eigenvalue weighted by Gasteiger charge is 2.29. The highest BCUT2D eigenvalue weighted by molar-refractivity contribution is 5.68. The molecule has 0 aliphatic carbocycles. The lowest BCUT2D eigenvalue weighted by Crippen LogP contribution is -2.40. The Balaban J connectivity index is 1.22. The van der Waals surface area contributed by atoms with E-state index >= 15 is 0 Å². The number of carbonyl (C=O) groups excluding carboxylic acids is 1. The van der Waals surface area contributed by atoms with Crippen LogP contribution in [0.2, 0.25) is 0 Å². The molecule has 1 fully saturated rings. The molecule has 0 saturated carbocycles. The Bertz CT molecular complexity index is 1390. The summed E-state index contributed by atoms with van der Waals surface area (Å²) in [6.45, 7) is 6.72. The van der Waals surface area contributed by atoms with Gasteiger partial charge in [-0.15, -0.1) is 0 Å². The van der Waals surface area contributed by atoms with Gasteiger partial charge in [0.15, 0.2) is 17.5 Å². The van der Waals surface area contributed by atoms with Gasteiger partial charge in [-0.05, 0) is 39.7 Å². The molecule has 1 amide bonds. The van der Waals surface area contributed by atoms with Crippen molar-refractivity contribution in [2.45, 2.75) is 45.6 Å². The van der Waals surface area contributed by atoms with Crippen LogP contribution in [0.4, 0.5) is 20.8 Å². The minimum atomic E-state index is -0.507. The molecule has 0 radical (unpaired) electrons. The lowest BCUT2D eigenvalue weighted by Gasteiger charge is -2.32. The molecule has 4 aromatic rings. The Kier molecular flexibility index (Phi) is 6.80. The molecule has 12 heteroatoms. The largest absolute Gasteiger partial charge is 0.441 e. The highest BCUT2D eigenvalue weighted by Crippen LogP contribution is 2.28. The van der Waals surface area contributed by atoms with E-state index in [9.17, 15) is 9.18 Å². The van der Waals surface area contributed by atoms with Gasteiger partial charge in [0.2, 0.25) is 0 Å². The minimum absolute atomic E-state index is 0.00612. The van der Waals surface area contributed by atoms with Crippen LogP contribution in [0.15, 0.2) is 42.9 Å². The first-order valence-electron chi connectivity index (χ1n) is 12.1. The Morgan fingerprint density at radius 2 is 2.08 bits per heavy atom. The van der Waals surface area contributed by atoms with E-state index in [2.05, 4.69) is 30.6 Å². The summed E-state index contributed by atoms with van der Waals surface area (Å²) < 4.78 is 20.3. The molecule has 37 heavy (non-hydrogen) atoms. The van der Waals surface area contributed by atoms with Crippen molar-refractivity contribution in [3.8, 4) is 5.82 Å². The summed E-state index contributed by atoms with van der Waals surface area (Å²) in [6.07, 6.45) is 4.76. The number of aromatic amines is 1. The summed E-state index contributed by atoms with van der Waals surface area (Å²) in [5.41, 5.74) is 2.51. The maximum Gasteiger partial charge on any atom is 0.410 e. The Labute approximate surface area is 213 Å². The zero-order valence-corrected chi connectivity index (χ0v) is 20.8. The molecule has 1 aliphatic rings. The number of piperidine rings is 1. The summed E-state index contributed by atoms with van der Waals surface area (Å²) in [5.74, 6) is 2.06. The molecule has 11 nitrogen and oxygen atoms in total. The Hall–Kier alpha value is -4.35. The zero-order chi connectivity index (χ0) is 25.9. The van der Waals surface area contributed by atoms with Gasteiger partial charge in [-0.1, -0.05) is 6.07 Å². The average molecular weight is 506 g/mol. The van der Waals surface area contributed by atoms with Gasteiger partial charge in [-0.2, -0.15) is 10.2 Å². The van der Waals surface area contributed by atoms with Gasteiger partial charge in [-0.25, -0.2) is 28.8 Å². The number of H-pyrrole nitrogens is 1. The van der Waals surface area contributed by atoms with Gasteiger partial charge in [-0.3, -0.25) is 5.10 Å². The van der Waals surface area contributed by atoms with Crippen LogP contribution in [0.3, 0.4) is 0 Å². The molecule has 0 bridgehead atoms. The number of hydrogen-bond donors (Lipinski definition) is 2. The first-order chi connectivity index (χ1) is 17.8. The third-order valence-electron chi connectivity index (χ3n) is 6.18. The molecule has 192 valence electrons. The first kappa shape index (κ1) is 24.3. The fourth-order valence-corrected chi connectivity index (χ4v) is 4.30. The maximum atomic E-state index is 13.2. The van der Waals surface area contributed by atoms with Crippen LogP contribution >= 0.6 is 0 Å². The predicted octanol–water partition coefficient (Wildman–Crippen LogP) is 4.36. The first-order valence-corrected chi connectivity index (χ1v) is 12.1. The minimum Gasteiger partial charge on any atom is -0.441 e. The second-order valence-corrected chi connectivity index (χ2v) is 9.18. The molecule has 2 unspecified atom stereocenters. The summed E-state index contributed by atoms with van der Waals surface area (Å²) in [7, 11) is 0. The van der Waals surface area contributed by atoms with Crippen LogP contribution in [-0.4, -0.2) is 59.0 Å². The van der Waals surface area contributed by atoms with Gasteiger partial charge < -0.3 is 15.0 Å². The summed E-state index contributed by atoms with van der Waals surface area (Å²) >= 11 is 0. The van der Waals surface area contributed by atoms with E-state index in [4.69, 9.17) is 9.72 Å². The second kappa shape index (κ2) is 10.3. The molecular formula is C25H28FN9O2. The van der Waals surface area contributed by atoms with E-state index in [-0.39, 0.29) is 5.92 Å². The number of rotatable bonds is 6. The van der Waals surface area contributed by atoms with Gasteiger partial charge in [0.25, 0.3) is 0 Å². The molecule has 2 atom stereocenters. The molecule has 1 saturated heterocycles. The van der Waals surface area contributed by atoms with Crippen LogP contribution in [0.5, 0.6) is 0 Å². The van der Waals surface area contributed by atoms with Gasteiger partial charge >= 0.3 is 6.09 Å². The SMILES string of the molecule is Cc1cc(Nc2cc(C)[nH]n2)nc(C2CCCN(C(=O)OC(C)c3ccc(-n4cc(F)cn4)nc3)C2)n1. The van der Waals surface area contributed by atoms with Crippen molar-refractivity contribution in [2.75, 3.05) is 18.4 Å². The van der Waals surface area contributed by atoms with E-state index in [1.165, 1.54) is 10.9 Å². The van der Waals surface area contributed by atoms with Gasteiger partial charge in [0, 0.05) is 54.3 Å². The number of carbonyl (C=O) groups is 1.